The summed E-state index contributed by atoms with van der Waals surface area (Å²) in [5.74, 6) is 2.16. The van der Waals surface area contributed by atoms with Crippen molar-refractivity contribution in [1.29, 1.82) is 0 Å². The Balaban J connectivity index is 1.56. The number of amides is 1. The highest BCUT2D eigenvalue weighted by Gasteiger charge is 2.29. The Kier molecular flexibility index (Phi) is 4.06. The number of hydrogen-bond acceptors (Lipinski definition) is 2. The zero-order valence-corrected chi connectivity index (χ0v) is 13.2. The lowest BCUT2D eigenvalue weighted by atomic mass is 10.0. The van der Waals surface area contributed by atoms with E-state index in [1.807, 2.05) is 4.90 Å². The molecule has 1 heterocycles. The van der Waals surface area contributed by atoms with Gasteiger partial charge in [0.2, 0.25) is 5.91 Å². The molecule has 0 spiro atoms. The fourth-order valence-electron chi connectivity index (χ4n) is 3.21. The van der Waals surface area contributed by atoms with Gasteiger partial charge in [-0.15, -0.1) is 11.8 Å². The summed E-state index contributed by atoms with van der Waals surface area (Å²) in [6.45, 7) is 6.35. The second-order valence-corrected chi connectivity index (χ2v) is 7.37. The Morgan fingerprint density at radius 1 is 1.20 bits per heavy atom. The molecular formula is C17H23NOS. The predicted octanol–water partition coefficient (Wildman–Crippen LogP) is 3.38. The van der Waals surface area contributed by atoms with E-state index in [2.05, 4.69) is 32.0 Å². The quantitative estimate of drug-likeness (QED) is 0.795. The third-order valence-corrected chi connectivity index (χ3v) is 5.75. The molecule has 2 atom stereocenters. The third-order valence-electron chi connectivity index (χ3n) is 4.77. The molecule has 1 aliphatic carbocycles. The summed E-state index contributed by atoms with van der Waals surface area (Å²) < 4.78 is 0. The number of likely N-dealkylation sites (tertiary alicyclic amines) is 1. The van der Waals surface area contributed by atoms with Crippen molar-refractivity contribution < 1.29 is 4.79 Å². The van der Waals surface area contributed by atoms with Gasteiger partial charge in [-0.2, -0.15) is 0 Å². The normalized spacial score (nSPS) is 25.0. The van der Waals surface area contributed by atoms with Gasteiger partial charge in [0.1, 0.15) is 0 Å². The molecule has 1 amide bonds. The average molecular weight is 289 g/mol. The lowest BCUT2D eigenvalue weighted by Gasteiger charge is -2.15. The van der Waals surface area contributed by atoms with Crippen LogP contribution in [0.3, 0.4) is 0 Å². The predicted molar refractivity (Wildman–Crippen MR) is 84.1 cm³/mol. The van der Waals surface area contributed by atoms with Crippen LogP contribution in [0.15, 0.2) is 23.1 Å². The van der Waals surface area contributed by atoms with Gasteiger partial charge in [0.15, 0.2) is 0 Å². The Labute approximate surface area is 125 Å². The van der Waals surface area contributed by atoms with Crippen molar-refractivity contribution in [1.82, 2.24) is 4.90 Å². The van der Waals surface area contributed by atoms with Crippen molar-refractivity contribution in [3.63, 3.8) is 0 Å². The van der Waals surface area contributed by atoms with E-state index in [0.717, 1.165) is 13.1 Å². The van der Waals surface area contributed by atoms with Gasteiger partial charge < -0.3 is 4.90 Å². The van der Waals surface area contributed by atoms with Crippen LogP contribution in [0.25, 0.3) is 0 Å². The lowest BCUT2D eigenvalue weighted by Crippen LogP contribution is -2.30. The Hall–Kier alpha value is -0.960. The number of benzene rings is 1. The number of fused-ring (bicyclic) bond motifs is 1. The van der Waals surface area contributed by atoms with E-state index in [-0.39, 0.29) is 0 Å². The number of carbonyl (C=O) groups is 1. The smallest absolute Gasteiger partial charge is 0.232 e. The van der Waals surface area contributed by atoms with Gasteiger partial charge in [0, 0.05) is 18.0 Å². The van der Waals surface area contributed by atoms with Gasteiger partial charge in [-0.05, 0) is 54.4 Å². The zero-order valence-electron chi connectivity index (χ0n) is 12.4. The van der Waals surface area contributed by atoms with Crippen molar-refractivity contribution >= 4 is 17.7 Å². The molecule has 1 fully saturated rings. The molecule has 1 aromatic rings. The maximum absolute atomic E-state index is 12.2. The lowest BCUT2D eigenvalue weighted by molar-refractivity contribution is -0.127. The van der Waals surface area contributed by atoms with Crippen molar-refractivity contribution in [3.8, 4) is 0 Å². The van der Waals surface area contributed by atoms with Crippen LogP contribution in [0.1, 0.15) is 31.4 Å². The van der Waals surface area contributed by atoms with Crippen LogP contribution in [0, 0.1) is 11.8 Å². The van der Waals surface area contributed by atoms with Gasteiger partial charge in [0.05, 0.1) is 5.75 Å². The van der Waals surface area contributed by atoms with Crippen molar-refractivity contribution in [2.24, 2.45) is 11.8 Å². The van der Waals surface area contributed by atoms with Crippen LogP contribution in [0.4, 0.5) is 0 Å². The highest BCUT2D eigenvalue weighted by atomic mass is 32.2. The summed E-state index contributed by atoms with van der Waals surface area (Å²) in [5.41, 5.74) is 2.99. The maximum atomic E-state index is 12.2. The maximum Gasteiger partial charge on any atom is 0.232 e. The van der Waals surface area contributed by atoms with Crippen LogP contribution < -0.4 is 0 Å². The summed E-state index contributed by atoms with van der Waals surface area (Å²) >= 11 is 1.69. The Morgan fingerprint density at radius 3 is 2.65 bits per heavy atom. The number of hydrogen-bond donors (Lipinski definition) is 0. The molecule has 1 saturated heterocycles. The minimum absolute atomic E-state index is 0.298. The molecule has 20 heavy (non-hydrogen) atoms. The van der Waals surface area contributed by atoms with E-state index in [0.29, 0.717) is 23.5 Å². The first-order valence-electron chi connectivity index (χ1n) is 7.66. The van der Waals surface area contributed by atoms with Crippen LogP contribution in [0.2, 0.25) is 0 Å². The van der Waals surface area contributed by atoms with Gasteiger partial charge in [-0.3, -0.25) is 4.79 Å². The van der Waals surface area contributed by atoms with Gasteiger partial charge in [-0.1, -0.05) is 19.9 Å². The minimum Gasteiger partial charge on any atom is -0.341 e. The van der Waals surface area contributed by atoms with Crippen molar-refractivity contribution in [3.05, 3.63) is 29.3 Å². The summed E-state index contributed by atoms with van der Waals surface area (Å²) in [7, 11) is 0. The van der Waals surface area contributed by atoms with E-state index >= 15 is 0 Å². The van der Waals surface area contributed by atoms with Crippen LogP contribution in [0.5, 0.6) is 0 Å². The van der Waals surface area contributed by atoms with E-state index in [9.17, 15) is 4.79 Å². The summed E-state index contributed by atoms with van der Waals surface area (Å²) in [6, 6.07) is 6.71. The molecule has 0 saturated carbocycles. The van der Waals surface area contributed by atoms with E-state index in [1.165, 1.54) is 35.3 Å². The fourth-order valence-corrected chi connectivity index (χ4v) is 4.07. The van der Waals surface area contributed by atoms with Crippen LogP contribution in [-0.2, 0) is 17.6 Å². The van der Waals surface area contributed by atoms with E-state index < -0.39 is 0 Å². The molecule has 0 bridgehead atoms. The highest BCUT2D eigenvalue weighted by molar-refractivity contribution is 8.00. The minimum atomic E-state index is 0.298. The van der Waals surface area contributed by atoms with Crippen LogP contribution >= 0.6 is 11.8 Å². The second-order valence-electron chi connectivity index (χ2n) is 6.33. The highest BCUT2D eigenvalue weighted by Crippen LogP contribution is 2.28. The van der Waals surface area contributed by atoms with Gasteiger partial charge in [0.25, 0.3) is 0 Å². The standard InChI is InChI=1S/C17H23NOS/c1-12-9-18(10-13(12)2)17(19)11-20-16-7-6-14-4-3-5-15(14)8-16/h6-8,12-13H,3-5,9-11H2,1-2H3/t12-,13-/m1/s1. The molecule has 0 aromatic heterocycles. The number of rotatable bonds is 3. The second kappa shape index (κ2) is 5.80. The third kappa shape index (κ3) is 2.88. The first-order valence-corrected chi connectivity index (χ1v) is 8.64. The molecule has 108 valence electrons. The monoisotopic (exact) mass is 289 g/mol. The summed E-state index contributed by atoms with van der Waals surface area (Å²) in [4.78, 5) is 15.5. The fraction of sp³-hybridized carbons (Fsp3) is 0.588. The number of nitrogens with zero attached hydrogens (tertiary/aromatic N) is 1. The van der Waals surface area contributed by atoms with Crippen molar-refractivity contribution in [2.75, 3.05) is 18.8 Å². The molecular weight excluding hydrogens is 266 g/mol. The van der Waals surface area contributed by atoms with E-state index in [1.54, 1.807) is 11.8 Å². The Bertz CT molecular complexity index is 504. The summed E-state index contributed by atoms with van der Waals surface area (Å²) in [6.07, 6.45) is 3.72. The topological polar surface area (TPSA) is 20.3 Å². The largest absolute Gasteiger partial charge is 0.341 e. The zero-order chi connectivity index (χ0) is 14.1. The van der Waals surface area contributed by atoms with E-state index in [4.69, 9.17) is 0 Å². The molecule has 0 N–H and O–H groups in total. The molecule has 2 aliphatic rings. The molecule has 3 heteroatoms. The van der Waals surface area contributed by atoms with Gasteiger partial charge in [-0.25, -0.2) is 0 Å². The molecule has 0 unspecified atom stereocenters. The number of thioether (sulfide) groups is 1. The first-order chi connectivity index (χ1) is 9.63. The van der Waals surface area contributed by atoms with Crippen molar-refractivity contribution in [2.45, 2.75) is 38.0 Å². The molecule has 3 rings (SSSR count). The molecule has 1 aliphatic heterocycles. The van der Waals surface area contributed by atoms with Gasteiger partial charge >= 0.3 is 0 Å². The molecule has 1 aromatic carbocycles. The first kappa shape index (κ1) is 14.0. The number of carbonyl (C=O) groups excluding carboxylic acids is 1. The SMILES string of the molecule is C[C@@H]1CN(C(=O)CSc2ccc3c(c2)CCC3)C[C@H]1C. The summed E-state index contributed by atoms with van der Waals surface area (Å²) in [5, 5.41) is 0. The number of aryl methyl sites for hydroxylation is 2. The molecule has 0 radical (unpaired) electrons. The van der Waals surface area contributed by atoms with Crippen LogP contribution in [-0.4, -0.2) is 29.6 Å². The average Bonchev–Trinajstić information content (AvgIpc) is 3.03. The molecule has 2 nitrogen and oxygen atoms in total. The Morgan fingerprint density at radius 2 is 1.90 bits per heavy atom.